The van der Waals surface area contributed by atoms with Crippen LogP contribution in [0.25, 0.3) is 64.4 Å². The van der Waals surface area contributed by atoms with Crippen molar-refractivity contribution in [1.82, 2.24) is 0 Å². The number of benzene rings is 11. The summed E-state index contributed by atoms with van der Waals surface area (Å²) >= 11 is 3.74. The van der Waals surface area contributed by atoms with E-state index in [0.29, 0.717) is 0 Å². The van der Waals surface area contributed by atoms with Crippen LogP contribution < -0.4 is 47.3 Å². The topological polar surface area (TPSA) is 28.9 Å². The number of anilines is 6. The van der Waals surface area contributed by atoms with Crippen LogP contribution in [-0.4, -0.2) is 13.4 Å². The number of thiophene rings is 1. The van der Waals surface area contributed by atoms with Crippen molar-refractivity contribution in [2.75, 3.05) is 9.80 Å². The molecule has 2 aromatic heterocycles. The van der Waals surface area contributed by atoms with Crippen LogP contribution in [0.4, 0.5) is 34.1 Å². The molecule has 8 heteroatoms. The highest BCUT2D eigenvalue weighted by Gasteiger charge is 2.48. The average molecular weight is 977 g/mol. The maximum Gasteiger partial charge on any atom is 0.253 e. The summed E-state index contributed by atoms with van der Waals surface area (Å²) in [6.45, 7) is -0.195. The van der Waals surface area contributed by atoms with Gasteiger partial charge >= 0.3 is 0 Å². The lowest BCUT2D eigenvalue weighted by atomic mass is 9.31. The Balaban J connectivity index is 1.04. The van der Waals surface area contributed by atoms with Gasteiger partial charge in [-0.25, -0.2) is 0 Å². The van der Waals surface area contributed by atoms with E-state index in [0.717, 1.165) is 89.8 Å². The van der Waals surface area contributed by atoms with Gasteiger partial charge in [0.25, 0.3) is 13.4 Å². The maximum absolute atomic E-state index is 7.17. The van der Waals surface area contributed by atoms with Crippen LogP contribution in [0.3, 0.4) is 0 Å². The molecule has 4 nitrogen and oxygen atoms in total. The van der Waals surface area contributed by atoms with Gasteiger partial charge in [0.1, 0.15) is 22.7 Å². The molecule has 0 aliphatic carbocycles. The first-order valence-electron chi connectivity index (χ1n) is 25.3. The number of hydrogen-bond acceptors (Lipinski definition) is 6. The summed E-state index contributed by atoms with van der Waals surface area (Å²) in [6, 6.07) is 84.8. The Kier molecular flexibility index (Phi) is 8.52. The van der Waals surface area contributed by atoms with Gasteiger partial charge in [-0.2, -0.15) is 0 Å². The first-order chi connectivity index (χ1) is 36.7. The lowest BCUT2D eigenvalue weighted by Gasteiger charge is -2.45. The molecule has 0 N–H and O–H groups in total. The Bertz CT molecular complexity index is 4480. The Morgan fingerprint density at radius 3 is 1.85 bits per heavy atom. The average Bonchev–Trinajstić information content (AvgIpc) is 4.14. The molecule has 6 heterocycles. The molecule has 0 bridgehead atoms. The van der Waals surface area contributed by atoms with Gasteiger partial charge in [-0.15, -0.1) is 11.3 Å². The molecule has 342 valence electrons. The Morgan fingerprint density at radius 1 is 0.392 bits per heavy atom. The van der Waals surface area contributed by atoms with Gasteiger partial charge in [0.15, 0.2) is 0 Å². The molecular weight excluding hydrogens is 938 g/mol. The third-order valence-electron chi connectivity index (χ3n) is 15.9. The molecule has 0 unspecified atom stereocenters. The molecule has 0 amide bonds. The normalized spacial score (nSPS) is 13.6. The van der Waals surface area contributed by atoms with E-state index < -0.39 is 0 Å². The molecule has 0 saturated carbocycles. The first kappa shape index (κ1) is 40.9. The Hall–Kier alpha value is -8.68. The monoisotopic (exact) mass is 976 g/mol. The van der Waals surface area contributed by atoms with E-state index in [1.54, 1.807) is 0 Å². The standard InChI is InChI=1S/C66H38B2N2O2S2/c1-4-19-39(20-5-1)42-27-18-28-43(40-21-6-2-7-22-40)64(42)70-51-37-57-49(68-47-30-13-16-33-54(47)72-66-61-45-26-11-17-34-56(45)73-58(61)38-59(74-57)63(66)68)35-48(51)67-46-29-12-14-31-50(46)69(41-23-8-3-9-24-41)65-60-44-25-10-15-32-53(44)71-55(60)36-52(70)62(65)67/h1-38H. The second kappa shape index (κ2) is 15.4. The van der Waals surface area contributed by atoms with Crippen molar-refractivity contribution in [3.05, 3.63) is 231 Å². The second-order valence-corrected chi connectivity index (χ2v) is 21.9. The number of furan rings is 1. The van der Waals surface area contributed by atoms with Gasteiger partial charge in [-0.05, 0) is 87.0 Å². The predicted molar refractivity (Wildman–Crippen MR) is 313 cm³/mol. The van der Waals surface area contributed by atoms with E-state index in [2.05, 4.69) is 240 Å². The van der Waals surface area contributed by atoms with E-state index in [1.807, 2.05) is 23.1 Å². The second-order valence-electron chi connectivity index (χ2n) is 19.8. The number of rotatable bonds is 4. The lowest BCUT2D eigenvalue weighted by molar-refractivity contribution is 0.492. The largest absolute Gasteiger partial charge is 0.458 e. The summed E-state index contributed by atoms with van der Waals surface area (Å²) in [4.78, 5) is 7.63. The number of ether oxygens (including phenoxy) is 1. The molecule has 4 aliphatic rings. The van der Waals surface area contributed by atoms with E-state index in [4.69, 9.17) is 9.15 Å². The molecule has 13 aromatic rings. The minimum Gasteiger partial charge on any atom is -0.458 e. The van der Waals surface area contributed by atoms with Gasteiger partial charge in [0.2, 0.25) is 0 Å². The Labute approximate surface area is 435 Å². The summed E-state index contributed by atoms with van der Waals surface area (Å²) in [5, 5.41) is 4.67. The Morgan fingerprint density at radius 2 is 1.05 bits per heavy atom. The fraction of sp³-hybridized carbons (Fsp3) is 0. The van der Waals surface area contributed by atoms with E-state index in [1.165, 1.54) is 62.7 Å². The minimum absolute atomic E-state index is 0.0553. The molecule has 11 aromatic carbocycles. The SMILES string of the molecule is c1ccc(-c2cccc(-c3ccccc3)c2N2c3cc4c(cc3B3c5ccccc5N(c5ccccc5)c5c3c2cc2oc3ccccc3c52)B2c3ccccc3Oc3c2c(cc2sc5ccccc5c32)S4)cc1. The molecular formula is C66H38B2N2O2S2. The number of para-hydroxylation sites is 5. The van der Waals surface area contributed by atoms with Crippen LogP contribution in [-0.2, 0) is 0 Å². The molecule has 74 heavy (non-hydrogen) atoms. The van der Waals surface area contributed by atoms with Crippen molar-refractivity contribution in [3.8, 4) is 33.8 Å². The fourth-order valence-corrected chi connectivity index (χ4v) is 15.4. The van der Waals surface area contributed by atoms with Crippen molar-refractivity contribution in [2.24, 2.45) is 0 Å². The van der Waals surface area contributed by atoms with Crippen molar-refractivity contribution in [2.45, 2.75) is 9.79 Å². The van der Waals surface area contributed by atoms with Gasteiger partial charge in [0.05, 0.1) is 16.8 Å². The predicted octanol–water partition coefficient (Wildman–Crippen LogP) is 14.5. The van der Waals surface area contributed by atoms with E-state index in [-0.39, 0.29) is 13.4 Å². The molecule has 0 fully saturated rings. The van der Waals surface area contributed by atoms with Crippen LogP contribution in [0.2, 0.25) is 0 Å². The van der Waals surface area contributed by atoms with Crippen LogP contribution >= 0.6 is 23.1 Å². The summed E-state index contributed by atoms with van der Waals surface area (Å²) < 4.78 is 16.8. The van der Waals surface area contributed by atoms with Crippen molar-refractivity contribution >= 4 is 146 Å². The highest BCUT2D eigenvalue weighted by molar-refractivity contribution is 8.00. The zero-order valence-corrected chi connectivity index (χ0v) is 41.3. The maximum atomic E-state index is 7.17. The van der Waals surface area contributed by atoms with Gasteiger partial charge < -0.3 is 19.0 Å². The number of hydrogen-bond donors (Lipinski definition) is 0. The van der Waals surface area contributed by atoms with Crippen molar-refractivity contribution in [3.63, 3.8) is 0 Å². The van der Waals surface area contributed by atoms with Crippen LogP contribution in [0.1, 0.15) is 0 Å². The van der Waals surface area contributed by atoms with Gasteiger partial charge in [-0.1, -0.05) is 193 Å². The van der Waals surface area contributed by atoms with Crippen molar-refractivity contribution in [1.29, 1.82) is 0 Å². The summed E-state index contributed by atoms with van der Waals surface area (Å²) in [5.74, 6) is 1.91. The number of fused-ring (bicyclic) bond motifs is 16. The third-order valence-corrected chi connectivity index (χ3v) is 18.2. The highest BCUT2D eigenvalue weighted by atomic mass is 32.2. The quantitative estimate of drug-likeness (QED) is 0.164. The summed E-state index contributed by atoms with van der Waals surface area (Å²) in [5.41, 5.74) is 20.7. The molecule has 17 rings (SSSR count). The lowest BCUT2D eigenvalue weighted by Crippen LogP contribution is -2.64. The zero-order chi connectivity index (χ0) is 48.2. The molecule has 0 atom stereocenters. The van der Waals surface area contributed by atoms with E-state index >= 15 is 0 Å². The van der Waals surface area contributed by atoms with Gasteiger partial charge in [0, 0.05) is 75.3 Å². The molecule has 0 spiro atoms. The molecule has 4 aliphatic heterocycles. The summed E-state index contributed by atoms with van der Waals surface area (Å²) in [7, 11) is 0. The minimum atomic E-state index is -0.140. The van der Waals surface area contributed by atoms with Crippen LogP contribution in [0.15, 0.2) is 245 Å². The van der Waals surface area contributed by atoms with E-state index in [9.17, 15) is 0 Å². The van der Waals surface area contributed by atoms with Crippen molar-refractivity contribution < 1.29 is 9.15 Å². The zero-order valence-electron chi connectivity index (χ0n) is 39.6. The molecule has 0 radical (unpaired) electrons. The van der Waals surface area contributed by atoms with Gasteiger partial charge in [-0.3, -0.25) is 0 Å². The van der Waals surface area contributed by atoms with Crippen LogP contribution in [0.5, 0.6) is 11.5 Å². The number of nitrogens with zero attached hydrogens (tertiary/aromatic N) is 2. The van der Waals surface area contributed by atoms with Crippen LogP contribution in [0, 0.1) is 0 Å². The smallest absolute Gasteiger partial charge is 0.253 e. The molecule has 0 saturated heterocycles. The fourth-order valence-electron chi connectivity index (χ4n) is 13.0. The third kappa shape index (κ3) is 5.61. The first-order valence-corrected chi connectivity index (χ1v) is 26.9. The summed E-state index contributed by atoms with van der Waals surface area (Å²) in [6.07, 6.45) is 0. The highest BCUT2D eigenvalue weighted by Crippen LogP contribution is 2.54.